The third-order valence-corrected chi connectivity index (χ3v) is 12.0. The number of fused-ring (bicyclic) bond motifs is 2. The summed E-state index contributed by atoms with van der Waals surface area (Å²) in [7, 11) is 3.00. The Kier molecular flexibility index (Phi) is 11.5. The highest BCUT2D eigenvalue weighted by Crippen LogP contribution is 2.47. The molecular formula is C47H48N6O6. The maximum Gasteiger partial charge on any atom is 0.255 e. The first-order valence-corrected chi connectivity index (χ1v) is 20.2. The molecule has 1 saturated heterocycles. The van der Waals surface area contributed by atoms with E-state index in [9.17, 15) is 24.3 Å². The zero-order chi connectivity index (χ0) is 41.0. The zero-order valence-corrected chi connectivity index (χ0v) is 33.3. The lowest BCUT2D eigenvalue weighted by molar-refractivity contribution is -0.125. The van der Waals surface area contributed by atoms with Crippen molar-refractivity contribution in [2.24, 2.45) is 0 Å². The van der Waals surface area contributed by atoms with Crippen molar-refractivity contribution in [3.63, 3.8) is 0 Å². The van der Waals surface area contributed by atoms with Crippen LogP contribution < -0.4 is 15.0 Å². The van der Waals surface area contributed by atoms with Crippen LogP contribution in [0.25, 0.3) is 0 Å². The monoisotopic (exact) mass is 792 g/mol. The summed E-state index contributed by atoms with van der Waals surface area (Å²) in [5.74, 6) is 1.62. The lowest BCUT2D eigenvalue weighted by atomic mass is 9.69. The van der Waals surface area contributed by atoms with Crippen LogP contribution in [0.4, 0.5) is 5.82 Å². The van der Waals surface area contributed by atoms with E-state index >= 15 is 0 Å². The molecule has 4 aromatic carbocycles. The van der Waals surface area contributed by atoms with Crippen molar-refractivity contribution in [2.75, 3.05) is 32.1 Å². The van der Waals surface area contributed by atoms with Gasteiger partial charge < -0.3 is 29.8 Å². The number of hydrogen-bond donors (Lipinski definition) is 2. The number of aromatic nitrogens is 2. The summed E-state index contributed by atoms with van der Waals surface area (Å²) in [6.45, 7) is 3.08. The van der Waals surface area contributed by atoms with E-state index in [1.807, 2.05) is 6.07 Å². The number of rotatable bonds is 14. The predicted molar refractivity (Wildman–Crippen MR) is 223 cm³/mol. The second kappa shape index (κ2) is 17.2. The Morgan fingerprint density at radius 3 is 2.39 bits per heavy atom. The second-order valence-corrected chi connectivity index (χ2v) is 15.8. The minimum atomic E-state index is -0.839. The molecule has 0 radical (unpaired) electrons. The topological polar surface area (TPSA) is 145 Å². The Labute approximate surface area is 343 Å². The molecule has 1 aromatic heterocycles. The number of ether oxygens (including phenoxy) is 1. The smallest absolute Gasteiger partial charge is 0.255 e. The van der Waals surface area contributed by atoms with Crippen molar-refractivity contribution >= 4 is 30.2 Å². The minimum Gasteiger partial charge on any atom is -0.508 e. The molecule has 5 aromatic rings. The van der Waals surface area contributed by atoms with Gasteiger partial charge in [0.2, 0.25) is 5.91 Å². The largest absolute Gasteiger partial charge is 0.508 e. The average molecular weight is 793 g/mol. The van der Waals surface area contributed by atoms with E-state index < -0.39 is 11.9 Å². The second-order valence-electron chi connectivity index (χ2n) is 15.8. The van der Waals surface area contributed by atoms with Crippen LogP contribution >= 0.6 is 0 Å². The highest BCUT2D eigenvalue weighted by atomic mass is 16.5. The number of phenolic OH excluding ortho intramolecular Hbond substituents is 1. The molecule has 12 nitrogen and oxygen atoms in total. The first kappa shape index (κ1) is 39.4. The van der Waals surface area contributed by atoms with Crippen molar-refractivity contribution in [3.8, 4) is 11.5 Å². The maximum absolute atomic E-state index is 13.6. The lowest BCUT2D eigenvalue weighted by Crippen LogP contribution is -2.54. The van der Waals surface area contributed by atoms with Gasteiger partial charge in [0.15, 0.2) is 6.29 Å². The van der Waals surface area contributed by atoms with E-state index in [-0.39, 0.29) is 41.9 Å². The van der Waals surface area contributed by atoms with Gasteiger partial charge in [-0.2, -0.15) is 0 Å². The Bertz CT molecular complexity index is 2330. The molecule has 3 aliphatic rings. The van der Waals surface area contributed by atoms with Gasteiger partial charge in [0.25, 0.3) is 5.91 Å². The van der Waals surface area contributed by atoms with Gasteiger partial charge in [0.1, 0.15) is 35.7 Å². The van der Waals surface area contributed by atoms with E-state index in [0.29, 0.717) is 50.7 Å². The van der Waals surface area contributed by atoms with Crippen LogP contribution in [0.2, 0.25) is 0 Å². The molecule has 302 valence electrons. The van der Waals surface area contributed by atoms with Gasteiger partial charge in [-0.05, 0) is 95.0 Å². The molecule has 12 heteroatoms. The van der Waals surface area contributed by atoms with E-state index in [1.54, 1.807) is 30.6 Å². The summed E-state index contributed by atoms with van der Waals surface area (Å²) in [5, 5.41) is 12.7. The Morgan fingerprint density at radius 1 is 0.932 bits per heavy atom. The van der Waals surface area contributed by atoms with Crippen molar-refractivity contribution in [2.45, 2.75) is 69.3 Å². The molecule has 3 atom stereocenters. The van der Waals surface area contributed by atoms with E-state index in [4.69, 9.17) is 14.7 Å². The molecular weight excluding hydrogens is 745 g/mol. The summed E-state index contributed by atoms with van der Waals surface area (Å²) in [6, 6.07) is 27.6. The number of aldehydes is 2. The number of hydrogen-bond acceptors (Lipinski definition) is 10. The summed E-state index contributed by atoms with van der Waals surface area (Å²) >= 11 is 0. The molecule has 2 aliphatic heterocycles. The van der Waals surface area contributed by atoms with Crippen molar-refractivity contribution in [1.29, 1.82) is 0 Å². The molecule has 0 spiro atoms. The SMILES string of the molecule is CNC(=O)C(CCC=O)N(C)C(=O)c1cc2c(cc1C=O)CN(Cc1cnc(N3CC(Oc4ccc(C5c6ccc(O)cc6CCC5c5ccccc5)cc4)C3)cn1)C2. The molecule has 1 fully saturated rings. The maximum atomic E-state index is 13.6. The number of nitrogens with one attached hydrogen (secondary N) is 1. The number of aryl methyl sites for hydroxylation is 1. The number of amides is 2. The van der Waals surface area contributed by atoms with Gasteiger partial charge in [-0.3, -0.25) is 24.3 Å². The number of anilines is 1. The number of phenols is 1. The normalized spacial score (nSPS) is 17.9. The fourth-order valence-corrected chi connectivity index (χ4v) is 8.91. The van der Waals surface area contributed by atoms with Crippen LogP contribution in [-0.4, -0.2) is 88.6 Å². The minimum absolute atomic E-state index is 0.0275. The standard InChI is InChI=1S/C47H48N6O6/c1-48-46(57)43(9-6-18-54)51(2)47(58)42-21-34-25-52(24-33(34)19-35(42)29-55)26-36-22-50-44(23-49-36)53-27-39(28-53)59-38-14-10-31(11-15-38)45-40(30-7-4-3-5-8-30)16-12-32-20-37(56)13-17-41(32)45/h3-5,7-8,10-11,13-15,17-23,29,39-40,43,45,56H,6,9,12,16,24-28H2,1-2H3,(H,48,57). The summed E-state index contributed by atoms with van der Waals surface area (Å²) in [4.78, 5) is 64.2. The number of nitrogens with zero attached hydrogens (tertiary/aromatic N) is 5. The average Bonchev–Trinajstić information content (AvgIpc) is 3.65. The molecule has 3 heterocycles. The lowest BCUT2D eigenvalue weighted by Gasteiger charge is -2.39. The number of benzene rings is 4. The summed E-state index contributed by atoms with van der Waals surface area (Å²) < 4.78 is 6.37. The van der Waals surface area contributed by atoms with Crippen molar-refractivity contribution in [3.05, 3.63) is 148 Å². The van der Waals surface area contributed by atoms with Crippen LogP contribution in [0.1, 0.15) is 90.9 Å². The number of carbonyl (C=O) groups excluding carboxylic acids is 4. The molecule has 0 bridgehead atoms. The number of likely N-dealkylation sites (N-methyl/N-ethyl adjacent to an activating group) is 2. The van der Waals surface area contributed by atoms with Crippen molar-refractivity contribution in [1.82, 2.24) is 25.1 Å². The Morgan fingerprint density at radius 2 is 1.69 bits per heavy atom. The zero-order valence-electron chi connectivity index (χ0n) is 33.3. The van der Waals surface area contributed by atoms with Gasteiger partial charge in [-0.25, -0.2) is 4.98 Å². The van der Waals surface area contributed by atoms with E-state index in [2.05, 4.69) is 75.8 Å². The first-order chi connectivity index (χ1) is 28.7. The summed E-state index contributed by atoms with van der Waals surface area (Å²) in [6.07, 6.45) is 7.25. The van der Waals surface area contributed by atoms with Crippen LogP contribution in [0.5, 0.6) is 11.5 Å². The molecule has 59 heavy (non-hydrogen) atoms. The molecule has 0 saturated carbocycles. The molecule has 8 rings (SSSR count). The quantitative estimate of drug-likeness (QED) is 0.132. The predicted octanol–water partition coefficient (Wildman–Crippen LogP) is 5.81. The van der Waals surface area contributed by atoms with Gasteiger partial charge in [-0.1, -0.05) is 48.5 Å². The van der Waals surface area contributed by atoms with Gasteiger partial charge in [0, 0.05) is 51.6 Å². The third kappa shape index (κ3) is 8.31. The molecule has 3 unspecified atom stereocenters. The highest BCUT2D eigenvalue weighted by molar-refractivity contribution is 6.03. The first-order valence-electron chi connectivity index (χ1n) is 20.2. The van der Waals surface area contributed by atoms with E-state index in [0.717, 1.165) is 47.5 Å². The van der Waals surface area contributed by atoms with Gasteiger partial charge >= 0.3 is 0 Å². The van der Waals surface area contributed by atoms with Crippen LogP contribution in [-0.2, 0) is 35.6 Å². The number of carbonyl (C=O) groups is 4. The Balaban J connectivity index is 0.859. The van der Waals surface area contributed by atoms with Crippen LogP contribution in [0, 0.1) is 0 Å². The van der Waals surface area contributed by atoms with Gasteiger partial charge in [-0.15, -0.1) is 0 Å². The fraction of sp³-hybridized carbons (Fsp3) is 0.319. The Hall–Kier alpha value is -6.40. The van der Waals surface area contributed by atoms with Crippen LogP contribution in [0.15, 0.2) is 97.3 Å². The molecule has 2 N–H and O–H groups in total. The van der Waals surface area contributed by atoms with Crippen molar-refractivity contribution < 1.29 is 29.0 Å². The third-order valence-electron chi connectivity index (χ3n) is 12.0. The summed E-state index contributed by atoms with van der Waals surface area (Å²) in [5.41, 5.74) is 8.22. The molecule has 1 aliphatic carbocycles. The fourth-order valence-electron chi connectivity index (χ4n) is 8.91. The van der Waals surface area contributed by atoms with Crippen LogP contribution in [0.3, 0.4) is 0 Å². The van der Waals surface area contributed by atoms with E-state index in [1.165, 1.54) is 41.2 Å². The molecule has 2 amide bonds. The number of aromatic hydroxyl groups is 1. The van der Waals surface area contributed by atoms with Gasteiger partial charge in [0.05, 0.1) is 36.7 Å². The highest BCUT2D eigenvalue weighted by Gasteiger charge is 2.34.